The van der Waals surface area contributed by atoms with Gasteiger partial charge in [0.25, 0.3) is 0 Å². The van der Waals surface area contributed by atoms with E-state index in [0.29, 0.717) is 11.4 Å². The van der Waals surface area contributed by atoms with E-state index in [-0.39, 0.29) is 6.04 Å². The summed E-state index contributed by atoms with van der Waals surface area (Å²) < 4.78 is 28.5. The third-order valence-corrected chi connectivity index (χ3v) is 7.33. The van der Waals surface area contributed by atoms with Crippen molar-refractivity contribution >= 4 is 37.3 Å². The minimum absolute atomic E-state index is 0.0200. The molecule has 0 radical (unpaired) electrons. The first-order valence-electron chi connectivity index (χ1n) is 6.81. The fraction of sp³-hybridized carbons (Fsp3) is 0.333. The van der Waals surface area contributed by atoms with Gasteiger partial charge in [0, 0.05) is 15.9 Å². The second-order valence-electron chi connectivity index (χ2n) is 5.20. The molecule has 1 aliphatic heterocycles. The average molecular weight is 386 g/mol. The third-order valence-electron chi connectivity index (χ3n) is 3.81. The van der Waals surface area contributed by atoms with Gasteiger partial charge in [0.2, 0.25) is 10.0 Å². The molecule has 1 unspecified atom stereocenters. The van der Waals surface area contributed by atoms with Gasteiger partial charge in [-0.3, -0.25) is 0 Å². The Kier molecular flexibility index (Phi) is 4.23. The molecular formula is C15H16BrNO2S2. The highest BCUT2D eigenvalue weighted by atomic mass is 79.9. The summed E-state index contributed by atoms with van der Waals surface area (Å²) in [4.78, 5) is 1.53. The van der Waals surface area contributed by atoms with Gasteiger partial charge in [0.1, 0.15) is 0 Å². The lowest BCUT2D eigenvalue weighted by molar-refractivity contribution is 0.400. The van der Waals surface area contributed by atoms with Crippen LogP contribution in [0.2, 0.25) is 0 Å². The molecule has 0 aliphatic carbocycles. The highest BCUT2D eigenvalue weighted by Crippen LogP contribution is 2.39. The number of nitrogens with zero attached hydrogens (tertiary/aromatic N) is 1. The van der Waals surface area contributed by atoms with E-state index in [9.17, 15) is 8.42 Å². The number of benzene rings is 1. The molecule has 1 fully saturated rings. The van der Waals surface area contributed by atoms with Crippen molar-refractivity contribution in [3.8, 4) is 0 Å². The molecule has 0 N–H and O–H groups in total. The van der Waals surface area contributed by atoms with Gasteiger partial charge in [-0.15, -0.1) is 11.3 Å². The second kappa shape index (κ2) is 5.83. The molecule has 0 saturated carbocycles. The van der Waals surface area contributed by atoms with Crippen molar-refractivity contribution < 1.29 is 8.42 Å². The Bertz CT molecular complexity index is 741. The van der Waals surface area contributed by atoms with Crippen LogP contribution in [0.4, 0.5) is 0 Å². The fourth-order valence-electron chi connectivity index (χ4n) is 2.77. The Balaban J connectivity index is 2.03. The molecule has 3 rings (SSSR count). The molecule has 1 aromatic carbocycles. The van der Waals surface area contributed by atoms with Gasteiger partial charge >= 0.3 is 0 Å². The minimum atomic E-state index is -3.46. The van der Waals surface area contributed by atoms with Crippen LogP contribution in [-0.4, -0.2) is 19.3 Å². The first-order valence-corrected chi connectivity index (χ1v) is 9.93. The van der Waals surface area contributed by atoms with Crippen LogP contribution in [0, 0.1) is 6.92 Å². The summed E-state index contributed by atoms with van der Waals surface area (Å²) in [6, 6.07) is 9.40. The number of rotatable bonds is 3. The summed E-state index contributed by atoms with van der Waals surface area (Å²) in [5.74, 6) is 0. The SMILES string of the molecule is Cc1ccc(Br)cc1S(=O)(=O)N1CCCC1c1cccs1. The Labute approximate surface area is 137 Å². The van der Waals surface area contributed by atoms with E-state index >= 15 is 0 Å². The highest BCUT2D eigenvalue weighted by molar-refractivity contribution is 9.10. The second-order valence-corrected chi connectivity index (χ2v) is 8.95. The van der Waals surface area contributed by atoms with Crippen molar-refractivity contribution in [2.24, 2.45) is 0 Å². The maximum atomic E-state index is 13.0. The zero-order valence-electron chi connectivity index (χ0n) is 11.6. The van der Waals surface area contributed by atoms with E-state index in [1.165, 1.54) is 0 Å². The predicted molar refractivity (Wildman–Crippen MR) is 89.1 cm³/mol. The highest BCUT2D eigenvalue weighted by Gasteiger charge is 2.37. The lowest BCUT2D eigenvalue weighted by atomic mass is 10.2. The summed E-state index contributed by atoms with van der Waals surface area (Å²) >= 11 is 5.00. The molecule has 1 aromatic heterocycles. The van der Waals surface area contributed by atoms with Gasteiger partial charge in [-0.1, -0.05) is 28.1 Å². The molecule has 3 nitrogen and oxygen atoms in total. The zero-order chi connectivity index (χ0) is 15.0. The Hall–Kier alpha value is -0.690. The predicted octanol–water partition coefficient (Wildman–Crippen LogP) is 4.34. The minimum Gasteiger partial charge on any atom is -0.207 e. The van der Waals surface area contributed by atoms with Crippen LogP contribution in [0.1, 0.15) is 29.3 Å². The monoisotopic (exact) mass is 385 g/mol. The van der Waals surface area contributed by atoms with Crippen molar-refractivity contribution in [2.45, 2.75) is 30.7 Å². The van der Waals surface area contributed by atoms with Crippen LogP contribution >= 0.6 is 27.3 Å². The fourth-order valence-corrected chi connectivity index (χ4v) is 6.15. The zero-order valence-corrected chi connectivity index (χ0v) is 14.8. The normalized spacial score (nSPS) is 20.0. The van der Waals surface area contributed by atoms with Crippen molar-refractivity contribution in [2.75, 3.05) is 6.54 Å². The quantitative estimate of drug-likeness (QED) is 0.787. The van der Waals surface area contributed by atoms with Crippen LogP contribution in [0.25, 0.3) is 0 Å². The van der Waals surface area contributed by atoms with Gasteiger partial charge in [0.05, 0.1) is 10.9 Å². The van der Waals surface area contributed by atoms with E-state index in [1.54, 1.807) is 21.7 Å². The van der Waals surface area contributed by atoms with Gasteiger partial charge in [-0.2, -0.15) is 4.31 Å². The molecule has 1 saturated heterocycles. The van der Waals surface area contributed by atoms with Gasteiger partial charge in [-0.05, 0) is 48.9 Å². The Morgan fingerprint density at radius 1 is 1.33 bits per heavy atom. The maximum Gasteiger partial charge on any atom is 0.243 e. The van der Waals surface area contributed by atoms with Crippen LogP contribution in [0.3, 0.4) is 0 Å². The largest absolute Gasteiger partial charge is 0.243 e. The van der Waals surface area contributed by atoms with Gasteiger partial charge in [-0.25, -0.2) is 8.42 Å². The molecule has 112 valence electrons. The summed E-state index contributed by atoms with van der Waals surface area (Å²) in [6.07, 6.45) is 1.81. The number of halogens is 1. The number of thiophene rings is 1. The van der Waals surface area contributed by atoms with Gasteiger partial charge < -0.3 is 0 Å². The van der Waals surface area contributed by atoms with Crippen molar-refractivity contribution in [1.29, 1.82) is 0 Å². The Morgan fingerprint density at radius 3 is 2.86 bits per heavy atom. The average Bonchev–Trinajstić information content (AvgIpc) is 3.10. The summed E-state index contributed by atoms with van der Waals surface area (Å²) in [6.45, 7) is 2.44. The lowest BCUT2D eigenvalue weighted by Gasteiger charge is -2.24. The molecule has 0 spiro atoms. The molecule has 1 atom stereocenters. The molecule has 21 heavy (non-hydrogen) atoms. The number of hydrogen-bond acceptors (Lipinski definition) is 3. The summed E-state index contributed by atoms with van der Waals surface area (Å²) in [5, 5.41) is 2.00. The van der Waals surface area contributed by atoms with Crippen molar-refractivity contribution in [3.63, 3.8) is 0 Å². The molecule has 0 amide bonds. The number of aryl methyl sites for hydroxylation is 1. The van der Waals surface area contributed by atoms with E-state index in [0.717, 1.165) is 27.8 Å². The van der Waals surface area contributed by atoms with Crippen LogP contribution < -0.4 is 0 Å². The summed E-state index contributed by atoms with van der Waals surface area (Å²) in [7, 11) is -3.46. The molecule has 2 aromatic rings. The number of sulfonamides is 1. The summed E-state index contributed by atoms with van der Waals surface area (Å²) in [5.41, 5.74) is 0.787. The van der Waals surface area contributed by atoms with Crippen LogP contribution in [-0.2, 0) is 10.0 Å². The van der Waals surface area contributed by atoms with Crippen molar-refractivity contribution in [3.05, 3.63) is 50.6 Å². The van der Waals surface area contributed by atoms with E-state index in [1.807, 2.05) is 36.6 Å². The molecule has 6 heteroatoms. The van der Waals surface area contributed by atoms with Crippen molar-refractivity contribution in [1.82, 2.24) is 4.31 Å². The van der Waals surface area contributed by atoms with Gasteiger partial charge in [0.15, 0.2) is 0 Å². The van der Waals surface area contributed by atoms with E-state index in [4.69, 9.17) is 0 Å². The first-order chi connectivity index (χ1) is 10.00. The van der Waals surface area contributed by atoms with E-state index in [2.05, 4.69) is 15.9 Å². The molecule has 1 aliphatic rings. The van der Waals surface area contributed by atoms with E-state index < -0.39 is 10.0 Å². The van der Waals surface area contributed by atoms with Crippen LogP contribution in [0.5, 0.6) is 0 Å². The smallest absolute Gasteiger partial charge is 0.207 e. The maximum absolute atomic E-state index is 13.0. The molecule has 2 heterocycles. The number of hydrogen-bond donors (Lipinski definition) is 0. The molecule has 0 bridgehead atoms. The molecular weight excluding hydrogens is 370 g/mol. The Morgan fingerprint density at radius 2 is 2.14 bits per heavy atom. The van der Waals surface area contributed by atoms with Crippen LogP contribution in [0.15, 0.2) is 45.1 Å². The standard InChI is InChI=1S/C15H16BrNO2S2/c1-11-6-7-12(16)10-15(11)21(18,19)17-8-2-4-13(17)14-5-3-9-20-14/h3,5-7,9-10,13H,2,4,8H2,1H3. The lowest BCUT2D eigenvalue weighted by Crippen LogP contribution is -2.30. The first kappa shape index (κ1) is 15.2. The topological polar surface area (TPSA) is 37.4 Å². The third kappa shape index (κ3) is 2.82.